The summed E-state index contributed by atoms with van der Waals surface area (Å²) < 4.78 is 0. The first-order valence-electron chi connectivity index (χ1n) is 2.17. The fraction of sp³-hybridized carbons (Fsp3) is 0.600. The van der Waals surface area contributed by atoms with Crippen LogP contribution in [-0.4, -0.2) is 24.8 Å². The van der Waals surface area contributed by atoms with Crippen LogP contribution < -0.4 is 18.9 Å². The minimum Gasteiger partial charge on any atom is -0.359 e. The Kier molecular flexibility index (Phi) is 6.88. The number of nitrogens with zero attached hydrogens (tertiary/aromatic N) is 2. The second-order valence-electron chi connectivity index (χ2n) is 1.68. The van der Waals surface area contributed by atoms with Crippen LogP contribution in [0.3, 0.4) is 0 Å². The van der Waals surface area contributed by atoms with Gasteiger partial charge in [-0.2, -0.15) is 0 Å². The zero-order chi connectivity index (χ0) is 5.86. The Bertz CT molecular complexity index is 74.5. The van der Waals surface area contributed by atoms with Crippen molar-refractivity contribution in [2.24, 2.45) is 5.10 Å². The molecule has 0 spiro atoms. The van der Waals surface area contributed by atoms with Crippen LogP contribution in [0, 0.1) is 6.92 Å². The van der Waals surface area contributed by atoms with E-state index in [0.29, 0.717) is 0 Å². The van der Waals surface area contributed by atoms with E-state index in [-0.39, 0.29) is 18.9 Å². The fourth-order valence-corrected chi connectivity index (χ4v) is 0.341. The van der Waals surface area contributed by atoms with Gasteiger partial charge in [-0.05, 0) is 0 Å². The monoisotopic (exact) mass is 106 g/mol. The largest absolute Gasteiger partial charge is 1.00 e. The van der Waals surface area contributed by atoms with Crippen molar-refractivity contribution in [2.45, 2.75) is 6.92 Å². The molecule has 0 radical (unpaired) electrons. The summed E-state index contributed by atoms with van der Waals surface area (Å²) in [7, 11) is 3.74. The summed E-state index contributed by atoms with van der Waals surface area (Å²) >= 11 is 0. The minimum atomic E-state index is 0. The Morgan fingerprint density at radius 1 is 1.50 bits per heavy atom. The summed E-state index contributed by atoms with van der Waals surface area (Å²) in [6.07, 6.45) is 0. The van der Waals surface area contributed by atoms with Gasteiger partial charge in [-0.25, -0.2) is 5.10 Å². The van der Waals surface area contributed by atoms with Crippen molar-refractivity contribution in [3.8, 4) is 0 Å². The molecule has 0 aromatic heterocycles. The molecule has 0 aromatic carbocycles. The van der Waals surface area contributed by atoms with Gasteiger partial charge in [-0.3, -0.25) is 0 Å². The van der Waals surface area contributed by atoms with Gasteiger partial charge < -0.3 is 11.9 Å². The summed E-state index contributed by atoms with van der Waals surface area (Å²) in [5.41, 5.74) is 0.838. The van der Waals surface area contributed by atoms with Gasteiger partial charge in [0.2, 0.25) is 0 Å². The predicted octanol–water partition coefficient (Wildman–Crippen LogP) is -2.24. The Morgan fingerprint density at radius 3 is 1.88 bits per heavy atom. The standard InChI is InChI=1S/C5H11N2.Li/c1-5(2)6-7(3)4;/h1H2,2-4H3;/q-1;+1/b6-5-;. The summed E-state index contributed by atoms with van der Waals surface area (Å²) in [5.74, 6) is 0. The maximum atomic E-state index is 3.92. The molecule has 0 rings (SSSR count). The maximum absolute atomic E-state index is 3.92. The zero-order valence-electron chi connectivity index (χ0n) is 6.10. The summed E-state index contributed by atoms with van der Waals surface area (Å²) in [5, 5.41) is 5.64. The van der Waals surface area contributed by atoms with Gasteiger partial charge in [-0.15, -0.1) is 5.71 Å². The molecule has 0 atom stereocenters. The van der Waals surface area contributed by atoms with Crippen LogP contribution in [0.25, 0.3) is 0 Å². The second kappa shape index (κ2) is 5.08. The molecule has 0 aliphatic rings. The van der Waals surface area contributed by atoms with Crippen molar-refractivity contribution in [1.82, 2.24) is 5.01 Å². The van der Waals surface area contributed by atoms with Crippen molar-refractivity contribution in [3.05, 3.63) is 6.92 Å². The second-order valence-corrected chi connectivity index (χ2v) is 1.68. The van der Waals surface area contributed by atoms with Crippen molar-refractivity contribution >= 4 is 5.71 Å². The van der Waals surface area contributed by atoms with Crippen molar-refractivity contribution < 1.29 is 18.9 Å². The normalized spacial score (nSPS) is 10.1. The van der Waals surface area contributed by atoms with Crippen LogP contribution >= 0.6 is 0 Å². The van der Waals surface area contributed by atoms with E-state index < -0.39 is 0 Å². The topological polar surface area (TPSA) is 15.6 Å². The molecule has 8 heavy (non-hydrogen) atoms. The van der Waals surface area contributed by atoms with Gasteiger partial charge in [-0.1, -0.05) is 6.92 Å². The van der Waals surface area contributed by atoms with Crippen LogP contribution in [0.15, 0.2) is 5.10 Å². The number of rotatable bonds is 1. The van der Waals surface area contributed by atoms with E-state index >= 15 is 0 Å². The summed E-state index contributed by atoms with van der Waals surface area (Å²) in [6.45, 7) is 5.45. The zero-order valence-corrected chi connectivity index (χ0v) is 6.10. The van der Waals surface area contributed by atoms with Crippen LogP contribution in [0.4, 0.5) is 0 Å². The van der Waals surface area contributed by atoms with Crippen molar-refractivity contribution in [1.29, 1.82) is 0 Å². The molecule has 3 heteroatoms. The van der Waals surface area contributed by atoms with Gasteiger partial charge in [0, 0.05) is 14.1 Å². The molecule has 0 amide bonds. The molecule has 0 bridgehead atoms. The van der Waals surface area contributed by atoms with Gasteiger partial charge in [0.15, 0.2) is 0 Å². The predicted molar refractivity (Wildman–Crippen MR) is 32.2 cm³/mol. The fourth-order valence-electron chi connectivity index (χ4n) is 0.341. The molecule has 0 aliphatic heterocycles. The van der Waals surface area contributed by atoms with E-state index in [1.807, 2.05) is 21.0 Å². The molecular weight excluding hydrogens is 95.0 g/mol. The molecule has 0 aliphatic carbocycles. The third-order valence-corrected chi connectivity index (χ3v) is 0.371. The van der Waals surface area contributed by atoms with Crippen LogP contribution in [0.5, 0.6) is 0 Å². The first kappa shape index (κ1) is 10.8. The van der Waals surface area contributed by atoms with Gasteiger partial charge >= 0.3 is 18.9 Å². The molecule has 0 saturated heterocycles. The maximum Gasteiger partial charge on any atom is 1.00 e. The molecular formula is C5H11LiN2. The third kappa shape index (κ3) is 9.34. The number of hydrogen-bond acceptors (Lipinski definition) is 2. The average Bonchev–Trinajstić information content (AvgIpc) is 1.27. The van der Waals surface area contributed by atoms with Gasteiger partial charge in [0.05, 0.1) is 0 Å². The minimum absolute atomic E-state index is 0. The first-order valence-corrected chi connectivity index (χ1v) is 2.17. The Labute approximate surface area is 63.1 Å². The van der Waals surface area contributed by atoms with Gasteiger partial charge in [0.1, 0.15) is 0 Å². The van der Waals surface area contributed by atoms with E-state index in [0.717, 1.165) is 5.71 Å². The number of hydrogen-bond donors (Lipinski definition) is 0. The van der Waals surface area contributed by atoms with Crippen LogP contribution in [0.1, 0.15) is 6.92 Å². The molecule has 0 unspecified atom stereocenters. The van der Waals surface area contributed by atoms with Crippen molar-refractivity contribution in [3.63, 3.8) is 0 Å². The Morgan fingerprint density at radius 2 is 1.88 bits per heavy atom. The van der Waals surface area contributed by atoms with E-state index in [1.165, 1.54) is 0 Å². The Hall–Kier alpha value is -0.0626. The number of hydrazone groups is 1. The van der Waals surface area contributed by atoms with E-state index in [1.54, 1.807) is 5.01 Å². The smallest absolute Gasteiger partial charge is 0.359 e. The third-order valence-electron chi connectivity index (χ3n) is 0.371. The van der Waals surface area contributed by atoms with E-state index in [4.69, 9.17) is 0 Å². The van der Waals surface area contributed by atoms with E-state index in [9.17, 15) is 0 Å². The Balaban J connectivity index is 0. The van der Waals surface area contributed by atoms with Crippen molar-refractivity contribution in [2.75, 3.05) is 14.1 Å². The molecule has 42 valence electrons. The summed E-state index contributed by atoms with van der Waals surface area (Å²) in [6, 6.07) is 0. The van der Waals surface area contributed by atoms with E-state index in [2.05, 4.69) is 12.0 Å². The summed E-state index contributed by atoms with van der Waals surface area (Å²) in [4.78, 5) is 0. The molecule has 0 N–H and O–H groups in total. The quantitative estimate of drug-likeness (QED) is 0.160. The molecule has 0 aromatic rings. The molecule has 0 fully saturated rings. The first-order chi connectivity index (χ1) is 3.13. The average molecular weight is 106 g/mol. The van der Waals surface area contributed by atoms with Crippen LogP contribution in [-0.2, 0) is 0 Å². The molecule has 0 heterocycles. The van der Waals surface area contributed by atoms with Gasteiger partial charge in [0.25, 0.3) is 0 Å². The molecule has 2 nitrogen and oxygen atoms in total. The van der Waals surface area contributed by atoms with Crippen LogP contribution in [0.2, 0.25) is 0 Å². The molecule has 0 saturated carbocycles. The SMILES string of the molecule is [CH2-]/C(C)=N/N(C)C.[Li+].